The topological polar surface area (TPSA) is 0 Å². The molecule has 0 aliphatic rings. The molecule has 0 aliphatic heterocycles. The Kier molecular flexibility index (Phi) is 5.22. The Morgan fingerprint density at radius 3 is 2.60 bits per heavy atom. The van der Waals surface area contributed by atoms with Crippen molar-refractivity contribution in [2.24, 2.45) is 0 Å². The van der Waals surface area contributed by atoms with E-state index in [1.54, 1.807) is 0 Å². The Bertz CT molecular complexity index is 168. The molecule has 0 rings (SSSR count). The molecule has 0 saturated heterocycles. The largest absolute Gasteiger partial charge is 0.208 e. The van der Waals surface area contributed by atoms with E-state index in [-0.39, 0.29) is 0 Å². The molecule has 0 atom stereocenters. The summed E-state index contributed by atoms with van der Waals surface area (Å²) in [7, 11) is 0. The highest BCUT2D eigenvalue weighted by Gasteiger charge is 1.88. The molecule has 0 radical (unpaired) electrons. The Balaban J connectivity index is 4.18. The van der Waals surface area contributed by atoms with E-state index < -0.39 is 5.83 Å². The third-order valence-electron chi connectivity index (χ3n) is 0.877. The summed E-state index contributed by atoms with van der Waals surface area (Å²) in [5, 5.41) is 0.653. The monoisotopic (exact) mass is 204 g/mol. The average Bonchev–Trinajstić information content (AvgIpc) is 1.86. The van der Waals surface area contributed by atoms with Gasteiger partial charge in [-0.15, -0.1) is 0 Å². The van der Waals surface area contributed by atoms with Gasteiger partial charge in [0.15, 0.2) is 0 Å². The second kappa shape index (κ2) is 5.42. The second-order valence-corrected chi connectivity index (χ2v) is 2.36. The molecule has 0 N–H and O–H groups in total. The third-order valence-corrected chi connectivity index (χ3v) is 1.52. The van der Waals surface area contributed by atoms with Gasteiger partial charge >= 0.3 is 0 Å². The lowest BCUT2D eigenvalue weighted by molar-refractivity contribution is 0.670. The maximum atomic E-state index is 12.1. The van der Waals surface area contributed by atoms with Gasteiger partial charge in [0, 0.05) is 5.33 Å². The van der Waals surface area contributed by atoms with Crippen LogP contribution in [0.25, 0.3) is 0 Å². The van der Waals surface area contributed by atoms with Crippen LogP contribution >= 0.6 is 15.9 Å². The number of allylic oxidation sites excluding steroid dienone is 5. The fourth-order valence-corrected chi connectivity index (χ4v) is 0.895. The van der Waals surface area contributed by atoms with Gasteiger partial charge in [0.05, 0.1) is 0 Å². The molecule has 0 aliphatic carbocycles. The van der Waals surface area contributed by atoms with Gasteiger partial charge in [0.1, 0.15) is 5.83 Å². The number of hydrogen-bond donors (Lipinski definition) is 0. The standard InChI is InChI=1S/C8H10BrF/c1-3-4-8(6-9)5-7(2)10/h3-5H,2,6H2,1H3/b4-3-,8-5+. The lowest BCUT2D eigenvalue weighted by Crippen LogP contribution is -1.77. The predicted octanol–water partition coefficient (Wildman–Crippen LogP) is 3.37. The summed E-state index contributed by atoms with van der Waals surface area (Å²) in [4.78, 5) is 0. The summed E-state index contributed by atoms with van der Waals surface area (Å²) in [5.41, 5.74) is 0.884. The van der Waals surface area contributed by atoms with Gasteiger partial charge in [-0.25, -0.2) is 4.39 Å². The highest BCUT2D eigenvalue weighted by molar-refractivity contribution is 9.09. The molecule has 0 fully saturated rings. The summed E-state index contributed by atoms with van der Waals surface area (Å²) in [5.74, 6) is -0.410. The minimum Gasteiger partial charge on any atom is -0.208 e. The molecule has 0 nitrogen and oxygen atoms in total. The van der Waals surface area contributed by atoms with Gasteiger partial charge in [0.25, 0.3) is 0 Å². The van der Waals surface area contributed by atoms with Crippen molar-refractivity contribution >= 4 is 15.9 Å². The fourth-order valence-electron chi connectivity index (χ4n) is 0.546. The molecule has 0 aromatic carbocycles. The maximum absolute atomic E-state index is 12.1. The summed E-state index contributed by atoms with van der Waals surface area (Å²) >= 11 is 3.22. The van der Waals surface area contributed by atoms with Gasteiger partial charge in [0.2, 0.25) is 0 Å². The minimum atomic E-state index is -0.410. The predicted molar refractivity (Wildman–Crippen MR) is 46.9 cm³/mol. The SMILES string of the molecule is C=C(F)/C=C(\C=C/C)CBr. The average molecular weight is 205 g/mol. The molecular weight excluding hydrogens is 195 g/mol. The molecular formula is C8H10BrF. The quantitative estimate of drug-likeness (QED) is 0.489. The summed E-state index contributed by atoms with van der Waals surface area (Å²) < 4.78 is 12.1. The lowest BCUT2D eigenvalue weighted by Gasteiger charge is -1.91. The Morgan fingerprint density at radius 1 is 1.70 bits per heavy atom. The highest BCUT2D eigenvalue weighted by Crippen LogP contribution is 2.06. The van der Waals surface area contributed by atoms with Crippen molar-refractivity contribution in [1.29, 1.82) is 0 Å². The van der Waals surface area contributed by atoms with Crippen LogP contribution in [-0.2, 0) is 0 Å². The van der Waals surface area contributed by atoms with Crippen molar-refractivity contribution in [2.75, 3.05) is 5.33 Å². The normalized spacial score (nSPS) is 12.5. The van der Waals surface area contributed by atoms with Crippen molar-refractivity contribution in [1.82, 2.24) is 0 Å². The van der Waals surface area contributed by atoms with Gasteiger partial charge in [-0.05, 0) is 18.6 Å². The van der Waals surface area contributed by atoms with Crippen molar-refractivity contribution in [3.63, 3.8) is 0 Å². The molecule has 0 unspecified atom stereocenters. The molecule has 0 saturated carbocycles. The van der Waals surface area contributed by atoms with Gasteiger partial charge in [-0.1, -0.05) is 34.7 Å². The zero-order chi connectivity index (χ0) is 7.98. The van der Waals surface area contributed by atoms with E-state index in [0.29, 0.717) is 5.33 Å². The first-order valence-corrected chi connectivity index (χ1v) is 4.06. The van der Waals surface area contributed by atoms with Crippen LogP contribution in [0.15, 0.2) is 36.2 Å². The van der Waals surface area contributed by atoms with E-state index in [9.17, 15) is 4.39 Å². The van der Waals surface area contributed by atoms with E-state index in [1.807, 2.05) is 19.1 Å². The Hall–Kier alpha value is -0.370. The molecule has 0 aromatic heterocycles. The van der Waals surface area contributed by atoms with E-state index >= 15 is 0 Å². The number of alkyl halides is 1. The van der Waals surface area contributed by atoms with Gasteiger partial charge in [-0.2, -0.15) is 0 Å². The number of halogens is 2. The van der Waals surface area contributed by atoms with E-state index in [0.717, 1.165) is 5.57 Å². The smallest absolute Gasteiger partial charge is 0.116 e. The molecule has 56 valence electrons. The second-order valence-electron chi connectivity index (χ2n) is 1.80. The molecule has 0 spiro atoms. The van der Waals surface area contributed by atoms with E-state index in [1.165, 1.54) is 6.08 Å². The molecule has 0 aromatic rings. The van der Waals surface area contributed by atoms with Crippen molar-refractivity contribution < 1.29 is 4.39 Å². The zero-order valence-electron chi connectivity index (χ0n) is 5.90. The zero-order valence-corrected chi connectivity index (χ0v) is 7.49. The minimum absolute atomic E-state index is 0.410. The van der Waals surface area contributed by atoms with Crippen LogP contribution in [-0.4, -0.2) is 5.33 Å². The van der Waals surface area contributed by atoms with Crippen LogP contribution in [0.5, 0.6) is 0 Å². The van der Waals surface area contributed by atoms with Crippen LogP contribution in [0.3, 0.4) is 0 Å². The van der Waals surface area contributed by atoms with E-state index in [2.05, 4.69) is 22.5 Å². The Morgan fingerprint density at radius 2 is 2.30 bits per heavy atom. The fraction of sp³-hybridized carbons (Fsp3) is 0.250. The number of rotatable bonds is 3. The number of hydrogen-bond acceptors (Lipinski definition) is 0. The van der Waals surface area contributed by atoms with Crippen molar-refractivity contribution in [2.45, 2.75) is 6.92 Å². The molecule has 2 heteroatoms. The third kappa shape index (κ3) is 4.50. The first-order valence-electron chi connectivity index (χ1n) is 2.94. The van der Waals surface area contributed by atoms with Crippen LogP contribution in [0.4, 0.5) is 4.39 Å². The molecule has 10 heavy (non-hydrogen) atoms. The van der Waals surface area contributed by atoms with Crippen LogP contribution in [0.1, 0.15) is 6.92 Å². The lowest BCUT2D eigenvalue weighted by atomic mass is 10.2. The molecule has 0 amide bonds. The van der Waals surface area contributed by atoms with Crippen molar-refractivity contribution in [3.8, 4) is 0 Å². The van der Waals surface area contributed by atoms with Gasteiger partial charge in [-0.3, -0.25) is 0 Å². The van der Waals surface area contributed by atoms with E-state index in [4.69, 9.17) is 0 Å². The van der Waals surface area contributed by atoms with Crippen LogP contribution < -0.4 is 0 Å². The first-order chi connectivity index (χ1) is 4.70. The Labute approximate surface area is 69.3 Å². The van der Waals surface area contributed by atoms with Crippen LogP contribution in [0.2, 0.25) is 0 Å². The maximum Gasteiger partial charge on any atom is 0.116 e. The summed E-state index contributed by atoms with van der Waals surface area (Å²) in [6, 6.07) is 0. The van der Waals surface area contributed by atoms with Gasteiger partial charge < -0.3 is 0 Å². The highest BCUT2D eigenvalue weighted by atomic mass is 79.9. The van der Waals surface area contributed by atoms with Crippen LogP contribution in [0, 0.1) is 0 Å². The molecule has 0 heterocycles. The summed E-state index contributed by atoms with van der Waals surface area (Å²) in [6.07, 6.45) is 5.09. The molecule has 0 bridgehead atoms. The van der Waals surface area contributed by atoms with Crippen molar-refractivity contribution in [3.05, 3.63) is 36.2 Å². The summed E-state index contributed by atoms with van der Waals surface area (Å²) in [6.45, 7) is 5.01. The first kappa shape index (κ1) is 9.63.